The number of aryl methyl sites for hydroxylation is 2. The molecule has 0 atom stereocenters. The lowest BCUT2D eigenvalue weighted by Crippen LogP contribution is -2.63. The zero-order chi connectivity index (χ0) is 27.6. The zero-order valence-electron chi connectivity index (χ0n) is 23.3. The number of halogens is 1. The highest BCUT2D eigenvalue weighted by molar-refractivity contribution is 6.36. The van der Waals surface area contributed by atoms with E-state index in [9.17, 15) is 4.79 Å². The number of aromatic amines is 2. The normalized spacial score (nSPS) is 16.7. The summed E-state index contributed by atoms with van der Waals surface area (Å²) in [4.78, 5) is 16.1. The van der Waals surface area contributed by atoms with Crippen molar-refractivity contribution >= 4 is 28.4 Å². The third kappa shape index (κ3) is 4.19. The van der Waals surface area contributed by atoms with E-state index >= 15 is 0 Å². The highest BCUT2D eigenvalue weighted by atomic mass is 35.5. The average Bonchev–Trinajstić information content (AvgIpc) is 3.54. The van der Waals surface area contributed by atoms with E-state index < -0.39 is 0 Å². The van der Waals surface area contributed by atoms with Crippen molar-refractivity contribution in [3.8, 4) is 22.5 Å². The van der Waals surface area contributed by atoms with Crippen LogP contribution in [0.25, 0.3) is 33.4 Å². The molecule has 1 spiro atoms. The molecule has 10 heteroatoms. The molecule has 0 unspecified atom stereocenters. The van der Waals surface area contributed by atoms with Gasteiger partial charge in [0, 0.05) is 53.7 Å². The molecule has 1 saturated heterocycles. The predicted molar refractivity (Wildman–Crippen MR) is 153 cm³/mol. The Balaban J connectivity index is 1.43. The smallest absolute Gasteiger partial charge is 0.245 e. The van der Waals surface area contributed by atoms with E-state index in [-0.39, 0.29) is 17.4 Å². The Morgan fingerprint density at radius 3 is 2.69 bits per heavy atom. The Morgan fingerprint density at radius 1 is 1.26 bits per heavy atom. The first-order chi connectivity index (χ1) is 18.6. The van der Waals surface area contributed by atoms with E-state index in [4.69, 9.17) is 16.7 Å². The van der Waals surface area contributed by atoms with Gasteiger partial charge in [-0.1, -0.05) is 18.2 Å². The van der Waals surface area contributed by atoms with E-state index in [0.29, 0.717) is 0 Å². The second-order valence-electron chi connectivity index (χ2n) is 11.7. The summed E-state index contributed by atoms with van der Waals surface area (Å²) >= 11 is 7.04. The van der Waals surface area contributed by atoms with Crippen LogP contribution in [0.2, 0.25) is 5.02 Å². The fraction of sp³-hybridized carbons (Fsp3) is 0.448. The van der Waals surface area contributed by atoms with Crippen molar-refractivity contribution < 1.29 is 9.48 Å². The van der Waals surface area contributed by atoms with Gasteiger partial charge in [0.1, 0.15) is 11.4 Å². The summed E-state index contributed by atoms with van der Waals surface area (Å²) in [5.41, 5.74) is 8.25. The second kappa shape index (κ2) is 9.34. The summed E-state index contributed by atoms with van der Waals surface area (Å²) in [5.74, 6) is 0.0202. The van der Waals surface area contributed by atoms with E-state index in [1.165, 1.54) is 6.08 Å². The largest absolute Gasteiger partial charge is 0.338 e. The van der Waals surface area contributed by atoms with Crippen molar-refractivity contribution in [1.82, 2.24) is 34.9 Å². The van der Waals surface area contributed by atoms with Crippen LogP contribution in [0.3, 0.4) is 0 Å². The number of aromatic nitrogens is 6. The first kappa shape index (κ1) is 25.8. The van der Waals surface area contributed by atoms with Gasteiger partial charge in [-0.3, -0.25) is 14.6 Å². The topological polar surface area (TPSA) is 89.7 Å². The molecule has 1 saturated carbocycles. The van der Waals surface area contributed by atoms with Gasteiger partial charge in [0.2, 0.25) is 11.6 Å². The Bertz CT molecular complexity index is 1590. The molecule has 1 aromatic carbocycles. The first-order valence-corrected chi connectivity index (χ1v) is 13.9. The summed E-state index contributed by atoms with van der Waals surface area (Å²) in [7, 11) is 4.16. The number of hydrogen-bond donors (Lipinski definition) is 2. The Labute approximate surface area is 233 Å². The molecule has 2 N–H and O–H groups in total. The number of carbonyl (C=O) groups excluding carboxylic acids is 1. The van der Waals surface area contributed by atoms with Gasteiger partial charge >= 0.3 is 0 Å². The van der Waals surface area contributed by atoms with Gasteiger partial charge < -0.3 is 9.80 Å². The maximum Gasteiger partial charge on any atom is 0.245 e. The van der Waals surface area contributed by atoms with Gasteiger partial charge in [0.05, 0.1) is 29.3 Å². The lowest BCUT2D eigenvalue weighted by molar-refractivity contribution is -0.753. The van der Waals surface area contributed by atoms with Gasteiger partial charge in [-0.15, -0.1) is 4.68 Å². The minimum Gasteiger partial charge on any atom is -0.338 e. The SMILES string of the molecule is C=CC(=O)N1CC2(CC(n3nc(-c4cc(C)[n+](CCN(C)C)[nH]4)c(-c4c(Cl)c(C)cc5[nH]ncc45)c3C)C2)C1. The predicted octanol–water partition coefficient (Wildman–Crippen LogP) is 4.20. The number of likely N-dealkylation sites (tertiary alicyclic amines) is 1. The highest BCUT2D eigenvalue weighted by Crippen LogP contribution is 2.55. The van der Waals surface area contributed by atoms with Crippen molar-refractivity contribution in [3.63, 3.8) is 0 Å². The Kier molecular flexibility index (Phi) is 6.19. The zero-order valence-corrected chi connectivity index (χ0v) is 24.1. The number of H-pyrrole nitrogens is 2. The van der Waals surface area contributed by atoms with Gasteiger partial charge in [0.25, 0.3) is 0 Å². The molecule has 3 aromatic heterocycles. The molecule has 204 valence electrons. The summed E-state index contributed by atoms with van der Waals surface area (Å²) in [6.45, 7) is 13.3. The number of carbonyl (C=O) groups is 1. The number of benzene rings is 1. The van der Waals surface area contributed by atoms with Crippen molar-refractivity contribution in [2.75, 3.05) is 33.7 Å². The van der Waals surface area contributed by atoms with Crippen LogP contribution in [-0.2, 0) is 11.3 Å². The lowest BCUT2D eigenvalue weighted by Gasteiger charge is -2.58. The number of amides is 1. The molecule has 6 rings (SSSR count). The molecule has 1 amide bonds. The van der Waals surface area contributed by atoms with Crippen LogP contribution in [0.5, 0.6) is 0 Å². The van der Waals surface area contributed by atoms with Crippen LogP contribution in [0, 0.1) is 26.2 Å². The molecular weight excluding hydrogens is 512 g/mol. The number of likely N-dealkylation sites (N-methyl/N-ethyl adjacent to an activating group) is 1. The number of nitrogens with one attached hydrogen (secondary N) is 2. The van der Waals surface area contributed by atoms with Crippen LogP contribution in [-0.4, -0.2) is 74.5 Å². The highest BCUT2D eigenvalue weighted by Gasteiger charge is 2.54. The second-order valence-corrected chi connectivity index (χ2v) is 12.1. The maximum absolute atomic E-state index is 12.0. The minimum absolute atomic E-state index is 0.0202. The van der Waals surface area contributed by atoms with Crippen molar-refractivity contribution in [2.45, 2.75) is 46.2 Å². The molecule has 2 fully saturated rings. The third-order valence-corrected chi connectivity index (χ3v) is 9.03. The number of hydrogen-bond acceptors (Lipinski definition) is 4. The van der Waals surface area contributed by atoms with E-state index in [1.807, 2.05) is 24.1 Å². The molecule has 4 aromatic rings. The maximum atomic E-state index is 12.0. The van der Waals surface area contributed by atoms with Crippen molar-refractivity contribution in [2.24, 2.45) is 5.41 Å². The standard InChI is InChI=1S/C29H35ClN8O/c1-7-24(39)36-15-29(16-36)12-20(13-29)38-19(4)25(26-21-14-31-32-22(21)10-17(2)27(26)30)28(34-38)23-11-18(3)37(33-23)9-8-35(5)6/h7,10-11,14,20H,1,8-9,12-13,15-16H2,2-6H3,(H,31,32)/p+1. The van der Waals surface area contributed by atoms with Gasteiger partial charge in [-0.2, -0.15) is 15.3 Å². The van der Waals surface area contributed by atoms with Crippen molar-refractivity contribution in [3.05, 3.63) is 53.0 Å². The van der Waals surface area contributed by atoms with E-state index in [2.05, 4.69) is 70.1 Å². The quantitative estimate of drug-likeness (QED) is 0.268. The van der Waals surface area contributed by atoms with Crippen LogP contribution in [0.4, 0.5) is 0 Å². The van der Waals surface area contributed by atoms with Crippen LogP contribution in [0.15, 0.2) is 31.0 Å². The number of nitrogens with zero attached hydrogens (tertiary/aromatic N) is 6. The molecule has 0 bridgehead atoms. The fourth-order valence-electron chi connectivity index (χ4n) is 6.43. The molecular formula is C29H36ClN8O+. The molecule has 4 heterocycles. The van der Waals surface area contributed by atoms with Gasteiger partial charge in [0.15, 0.2) is 6.54 Å². The van der Waals surface area contributed by atoms with Crippen molar-refractivity contribution in [1.29, 1.82) is 0 Å². The number of rotatable bonds is 7. The first-order valence-electron chi connectivity index (χ1n) is 13.5. The molecule has 2 aliphatic rings. The van der Waals surface area contributed by atoms with Gasteiger partial charge in [-0.05, 0) is 58.5 Å². The average molecular weight is 548 g/mol. The molecule has 1 aliphatic carbocycles. The lowest BCUT2D eigenvalue weighted by atomic mass is 9.60. The molecule has 0 radical (unpaired) electrons. The molecule has 1 aliphatic heterocycles. The Morgan fingerprint density at radius 2 is 2.00 bits per heavy atom. The Hall–Kier alpha value is -3.43. The van der Waals surface area contributed by atoms with Crippen LogP contribution >= 0.6 is 11.6 Å². The fourth-order valence-corrected chi connectivity index (χ4v) is 6.68. The molecule has 9 nitrogen and oxygen atoms in total. The van der Waals surface area contributed by atoms with Crippen LogP contribution in [0.1, 0.15) is 35.8 Å². The summed E-state index contributed by atoms with van der Waals surface area (Å²) in [5, 5.41) is 18.0. The molecule has 39 heavy (non-hydrogen) atoms. The third-order valence-electron chi connectivity index (χ3n) is 8.55. The minimum atomic E-state index is 0.0202. The summed E-state index contributed by atoms with van der Waals surface area (Å²) in [6, 6.07) is 4.50. The summed E-state index contributed by atoms with van der Waals surface area (Å²) in [6.07, 6.45) is 5.27. The number of fused-ring (bicyclic) bond motifs is 1. The van der Waals surface area contributed by atoms with Gasteiger partial charge in [-0.25, -0.2) is 0 Å². The van der Waals surface area contributed by atoms with E-state index in [1.54, 1.807) is 0 Å². The van der Waals surface area contributed by atoms with Crippen LogP contribution < -0.4 is 4.68 Å². The summed E-state index contributed by atoms with van der Waals surface area (Å²) < 4.78 is 4.37. The monoisotopic (exact) mass is 547 g/mol. The van der Waals surface area contributed by atoms with E-state index in [0.717, 1.165) is 94.4 Å².